The van der Waals surface area contributed by atoms with Gasteiger partial charge in [0.05, 0.1) is 49.5 Å². The molecular weight excluding hydrogens is 392 g/mol. The van der Waals surface area contributed by atoms with E-state index in [1.807, 2.05) is 19.9 Å². The molecule has 7 heteroatoms. The summed E-state index contributed by atoms with van der Waals surface area (Å²) in [6, 6.07) is 8.58. The van der Waals surface area contributed by atoms with Crippen molar-refractivity contribution in [1.29, 1.82) is 0 Å². The summed E-state index contributed by atoms with van der Waals surface area (Å²) in [6.45, 7) is 3.86. The van der Waals surface area contributed by atoms with Crippen molar-refractivity contribution in [3.8, 4) is 28.7 Å². The topological polar surface area (TPSA) is 74.2 Å². The fourth-order valence-corrected chi connectivity index (χ4v) is 4.16. The molecule has 0 aliphatic rings. The fourth-order valence-electron chi connectivity index (χ4n) is 2.96. The largest absolute Gasteiger partial charge is 0.504 e. The summed E-state index contributed by atoms with van der Waals surface area (Å²) >= 11 is 0. The second kappa shape index (κ2) is 9.69. The molecule has 0 fully saturated rings. The number of hydrogen-bond acceptors (Lipinski definition) is 6. The minimum absolute atomic E-state index is 0.0177. The van der Waals surface area contributed by atoms with E-state index in [9.17, 15) is 9.32 Å². The molecule has 0 heterocycles. The average molecular weight is 421 g/mol. The molecule has 0 radical (unpaired) electrons. The van der Waals surface area contributed by atoms with Crippen LogP contribution in [-0.4, -0.2) is 37.8 Å². The number of aromatic hydroxyl groups is 1. The lowest BCUT2D eigenvalue weighted by molar-refractivity contribution is 0.372. The molecule has 0 saturated carbocycles. The summed E-state index contributed by atoms with van der Waals surface area (Å²) in [6.07, 6.45) is 2.33. The summed E-state index contributed by atoms with van der Waals surface area (Å²) in [4.78, 5) is 0. The van der Waals surface area contributed by atoms with Crippen molar-refractivity contribution >= 4 is 16.9 Å². The minimum atomic E-state index is -1.39. The number of ether oxygens (including phenoxy) is 4. The standard InChI is InChI=1S/C22H28O6S/c1-7-22(2,15-8-9-19(26-4)18(23)12-15)29(24)11-10-17-20(27-5)13-16(25-3)14-21(17)28-6/h8-14,23H,7H2,1-6H3. The second-order valence-electron chi connectivity index (χ2n) is 6.52. The molecule has 0 aliphatic heterocycles. The van der Waals surface area contributed by atoms with Gasteiger partial charge in [-0.15, -0.1) is 0 Å². The van der Waals surface area contributed by atoms with Crippen molar-refractivity contribution < 1.29 is 28.3 Å². The van der Waals surface area contributed by atoms with Crippen molar-refractivity contribution in [2.24, 2.45) is 0 Å². The highest BCUT2D eigenvalue weighted by Crippen LogP contribution is 2.39. The van der Waals surface area contributed by atoms with Gasteiger partial charge in [0, 0.05) is 17.5 Å². The zero-order chi connectivity index (χ0) is 21.6. The normalized spacial score (nSPS) is 14.3. The molecule has 158 valence electrons. The van der Waals surface area contributed by atoms with Crippen molar-refractivity contribution in [2.45, 2.75) is 25.0 Å². The van der Waals surface area contributed by atoms with Gasteiger partial charge < -0.3 is 24.1 Å². The van der Waals surface area contributed by atoms with Gasteiger partial charge in [0.1, 0.15) is 17.2 Å². The molecule has 0 saturated heterocycles. The SMILES string of the molecule is CCC(C)(c1ccc(OC)c(O)c1)S(=O)C=Cc1c(OC)cc(OC)cc1OC. The highest BCUT2D eigenvalue weighted by Gasteiger charge is 2.31. The Balaban J connectivity index is 2.43. The van der Waals surface area contributed by atoms with Crippen LogP contribution in [0.4, 0.5) is 0 Å². The van der Waals surface area contributed by atoms with E-state index < -0.39 is 15.5 Å². The monoisotopic (exact) mass is 420 g/mol. The molecular formula is C22H28O6S. The van der Waals surface area contributed by atoms with Crippen LogP contribution < -0.4 is 18.9 Å². The molecule has 2 unspecified atom stereocenters. The second-order valence-corrected chi connectivity index (χ2v) is 8.28. The van der Waals surface area contributed by atoms with Crippen LogP contribution in [0.5, 0.6) is 28.7 Å². The first-order valence-corrected chi connectivity index (χ1v) is 10.3. The molecule has 2 atom stereocenters. The summed E-state index contributed by atoms with van der Waals surface area (Å²) in [5, 5.41) is 11.8. The van der Waals surface area contributed by atoms with Gasteiger partial charge in [-0.3, -0.25) is 4.21 Å². The van der Waals surface area contributed by atoms with Crippen LogP contribution >= 0.6 is 0 Å². The lowest BCUT2D eigenvalue weighted by atomic mass is 9.97. The Labute approximate surface area is 174 Å². The first kappa shape index (κ1) is 22.6. The van der Waals surface area contributed by atoms with E-state index in [2.05, 4.69) is 0 Å². The molecule has 1 N–H and O–H groups in total. The quantitative estimate of drug-likeness (QED) is 0.645. The predicted octanol–water partition coefficient (Wildman–Crippen LogP) is 4.47. The summed E-state index contributed by atoms with van der Waals surface area (Å²) in [7, 11) is 4.77. The molecule has 0 spiro atoms. The van der Waals surface area contributed by atoms with Crippen molar-refractivity contribution in [2.75, 3.05) is 28.4 Å². The maximum absolute atomic E-state index is 13.3. The Morgan fingerprint density at radius 2 is 1.55 bits per heavy atom. The van der Waals surface area contributed by atoms with Crippen LogP contribution in [0, 0.1) is 0 Å². The molecule has 0 aliphatic carbocycles. The van der Waals surface area contributed by atoms with E-state index in [0.717, 1.165) is 5.56 Å². The molecule has 2 aromatic carbocycles. The van der Waals surface area contributed by atoms with E-state index >= 15 is 0 Å². The smallest absolute Gasteiger partial charge is 0.160 e. The van der Waals surface area contributed by atoms with Crippen molar-refractivity contribution in [3.05, 3.63) is 46.9 Å². The van der Waals surface area contributed by atoms with E-state index in [-0.39, 0.29) is 5.75 Å². The first-order chi connectivity index (χ1) is 13.8. The zero-order valence-corrected chi connectivity index (χ0v) is 18.5. The van der Waals surface area contributed by atoms with Gasteiger partial charge in [-0.05, 0) is 37.1 Å². The van der Waals surface area contributed by atoms with Gasteiger partial charge >= 0.3 is 0 Å². The molecule has 0 amide bonds. The van der Waals surface area contributed by atoms with Gasteiger partial charge in [0.25, 0.3) is 0 Å². The van der Waals surface area contributed by atoms with Gasteiger partial charge in [-0.1, -0.05) is 13.0 Å². The van der Waals surface area contributed by atoms with E-state index in [0.29, 0.717) is 35.0 Å². The first-order valence-electron chi connectivity index (χ1n) is 9.10. The Hall–Kier alpha value is -2.67. The maximum atomic E-state index is 13.3. The molecule has 2 aromatic rings. The van der Waals surface area contributed by atoms with Gasteiger partial charge in [0.2, 0.25) is 0 Å². The highest BCUT2D eigenvalue weighted by molar-refractivity contribution is 7.89. The lowest BCUT2D eigenvalue weighted by Gasteiger charge is -2.27. The van der Waals surface area contributed by atoms with Crippen LogP contribution in [0.25, 0.3) is 6.08 Å². The summed E-state index contributed by atoms with van der Waals surface area (Å²) < 4.78 is 33.8. The van der Waals surface area contributed by atoms with Crippen LogP contribution in [-0.2, 0) is 15.5 Å². The van der Waals surface area contributed by atoms with Crippen LogP contribution in [0.2, 0.25) is 0 Å². The number of methoxy groups -OCH3 is 4. The third-order valence-corrected chi connectivity index (χ3v) is 6.82. The minimum Gasteiger partial charge on any atom is -0.504 e. The number of benzene rings is 2. The molecule has 6 nitrogen and oxygen atoms in total. The fraction of sp³-hybridized carbons (Fsp3) is 0.364. The number of phenols is 1. The Bertz CT molecular complexity index is 883. The zero-order valence-electron chi connectivity index (χ0n) is 17.6. The predicted molar refractivity (Wildman–Crippen MR) is 116 cm³/mol. The Morgan fingerprint density at radius 3 is 2.00 bits per heavy atom. The number of rotatable bonds is 9. The molecule has 2 rings (SSSR count). The van der Waals surface area contributed by atoms with E-state index in [1.54, 1.807) is 57.1 Å². The summed E-state index contributed by atoms with van der Waals surface area (Å²) in [5.74, 6) is 2.10. The van der Waals surface area contributed by atoms with E-state index in [1.165, 1.54) is 7.11 Å². The Morgan fingerprint density at radius 1 is 0.966 bits per heavy atom. The van der Waals surface area contributed by atoms with E-state index in [4.69, 9.17) is 18.9 Å². The number of hydrogen-bond donors (Lipinski definition) is 1. The number of phenolic OH excluding ortho intramolecular Hbond substituents is 1. The van der Waals surface area contributed by atoms with Gasteiger partial charge in [-0.25, -0.2) is 0 Å². The summed E-state index contributed by atoms with van der Waals surface area (Å²) in [5.41, 5.74) is 1.43. The maximum Gasteiger partial charge on any atom is 0.160 e. The molecule has 0 aromatic heterocycles. The third-order valence-electron chi connectivity index (χ3n) is 5.02. The van der Waals surface area contributed by atoms with Crippen LogP contribution in [0.3, 0.4) is 0 Å². The van der Waals surface area contributed by atoms with Crippen LogP contribution in [0.1, 0.15) is 31.4 Å². The van der Waals surface area contributed by atoms with Gasteiger partial charge in [-0.2, -0.15) is 0 Å². The van der Waals surface area contributed by atoms with Crippen LogP contribution in [0.15, 0.2) is 35.7 Å². The molecule has 29 heavy (non-hydrogen) atoms. The highest BCUT2D eigenvalue weighted by atomic mass is 32.2. The lowest BCUT2D eigenvalue weighted by Crippen LogP contribution is -2.25. The third kappa shape index (κ3) is 4.67. The molecule has 0 bridgehead atoms. The van der Waals surface area contributed by atoms with Crippen molar-refractivity contribution in [3.63, 3.8) is 0 Å². The van der Waals surface area contributed by atoms with Gasteiger partial charge in [0.15, 0.2) is 11.5 Å². The Kier molecular flexibility index (Phi) is 7.56. The van der Waals surface area contributed by atoms with Crippen molar-refractivity contribution in [1.82, 2.24) is 0 Å². The average Bonchev–Trinajstić information content (AvgIpc) is 2.75.